The molecule has 0 aliphatic carbocycles. The van der Waals surface area contributed by atoms with Crippen LogP contribution in [0.3, 0.4) is 0 Å². The van der Waals surface area contributed by atoms with E-state index in [4.69, 9.17) is 5.73 Å². The molecule has 0 saturated carbocycles. The van der Waals surface area contributed by atoms with Gasteiger partial charge in [-0.25, -0.2) is 8.78 Å². The number of halogens is 3. The first-order chi connectivity index (χ1) is 8.56. The summed E-state index contributed by atoms with van der Waals surface area (Å²) in [6.45, 7) is 0. The van der Waals surface area contributed by atoms with Crippen LogP contribution < -0.4 is 5.73 Å². The van der Waals surface area contributed by atoms with Crippen LogP contribution in [0, 0.1) is 11.6 Å². The molecule has 94 valence electrons. The van der Waals surface area contributed by atoms with Gasteiger partial charge in [-0.05, 0) is 45.8 Å². The highest BCUT2D eigenvalue weighted by Gasteiger charge is 2.05. The fourth-order valence-corrected chi connectivity index (χ4v) is 2.55. The first-order valence-electron chi connectivity index (χ1n) is 5.18. The second-order valence-corrected chi connectivity index (χ2v) is 5.59. The van der Waals surface area contributed by atoms with E-state index in [1.807, 2.05) is 18.2 Å². The molecular formula is C13H10BrF2NS. The molecule has 2 aromatic carbocycles. The lowest BCUT2D eigenvalue weighted by molar-refractivity contribution is 0.565. The molecule has 0 amide bonds. The zero-order valence-corrected chi connectivity index (χ0v) is 11.7. The van der Waals surface area contributed by atoms with Crippen molar-refractivity contribution in [3.05, 3.63) is 58.1 Å². The third kappa shape index (κ3) is 3.23. The predicted molar refractivity (Wildman–Crippen MR) is 74.5 cm³/mol. The van der Waals surface area contributed by atoms with Crippen molar-refractivity contribution in [1.82, 2.24) is 0 Å². The lowest BCUT2D eigenvalue weighted by atomic mass is 10.2. The quantitative estimate of drug-likeness (QED) is 0.657. The van der Waals surface area contributed by atoms with E-state index in [0.717, 1.165) is 16.1 Å². The molecule has 0 spiro atoms. The van der Waals surface area contributed by atoms with E-state index >= 15 is 0 Å². The topological polar surface area (TPSA) is 26.0 Å². The van der Waals surface area contributed by atoms with Gasteiger partial charge >= 0.3 is 0 Å². The van der Waals surface area contributed by atoms with Crippen LogP contribution in [0.5, 0.6) is 0 Å². The van der Waals surface area contributed by atoms with Crippen LogP contribution in [0.25, 0.3) is 0 Å². The number of hydrogen-bond donors (Lipinski definition) is 1. The Morgan fingerprint density at radius 2 is 1.89 bits per heavy atom. The molecule has 0 atom stereocenters. The minimum absolute atomic E-state index is 0.429. The highest BCUT2D eigenvalue weighted by atomic mass is 79.9. The molecule has 0 radical (unpaired) electrons. The van der Waals surface area contributed by atoms with Crippen molar-refractivity contribution in [3.63, 3.8) is 0 Å². The third-order valence-electron chi connectivity index (χ3n) is 2.35. The molecule has 0 unspecified atom stereocenters. The van der Waals surface area contributed by atoms with Gasteiger partial charge < -0.3 is 5.73 Å². The van der Waals surface area contributed by atoms with Crippen molar-refractivity contribution in [2.45, 2.75) is 10.6 Å². The molecule has 2 aromatic rings. The van der Waals surface area contributed by atoms with Gasteiger partial charge in [0.05, 0.1) is 0 Å². The van der Waals surface area contributed by atoms with Crippen LogP contribution in [0.2, 0.25) is 0 Å². The average Bonchev–Trinajstić information content (AvgIpc) is 2.32. The van der Waals surface area contributed by atoms with Crippen LogP contribution in [-0.2, 0) is 5.75 Å². The van der Waals surface area contributed by atoms with Gasteiger partial charge in [0.15, 0.2) is 0 Å². The molecule has 18 heavy (non-hydrogen) atoms. The SMILES string of the molecule is Nc1cc(CSc2ccc(F)cc2F)ccc1Br. The van der Waals surface area contributed by atoms with Crippen molar-refractivity contribution in [2.24, 2.45) is 0 Å². The standard InChI is InChI=1S/C13H10BrF2NS/c14-10-3-1-8(5-12(10)17)7-18-13-4-2-9(15)6-11(13)16/h1-6H,7,17H2. The average molecular weight is 330 g/mol. The fourth-order valence-electron chi connectivity index (χ4n) is 1.44. The Kier molecular flexibility index (Phi) is 4.24. The molecule has 0 saturated heterocycles. The number of nitrogen functional groups attached to an aromatic ring is 1. The van der Waals surface area contributed by atoms with E-state index in [1.54, 1.807) is 0 Å². The maximum absolute atomic E-state index is 13.4. The van der Waals surface area contributed by atoms with E-state index in [2.05, 4.69) is 15.9 Å². The number of benzene rings is 2. The second kappa shape index (κ2) is 5.71. The molecule has 0 aromatic heterocycles. The van der Waals surface area contributed by atoms with E-state index in [-0.39, 0.29) is 0 Å². The van der Waals surface area contributed by atoms with Crippen LogP contribution in [0.1, 0.15) is 5.56 Å². The Bertz CT molecular complexity index is 575. The minimum atomic E-state index is -0.565. The van der Waals surface area contributed by atoms with Gasteiger partial charge in [0.2, 0.25) is 0 Å². The van der Waals surface area contributed by atoms with Gasteiger partial charge in [-0.15, -0.1) is 11.8 Å². The molecule has 2 rings (SSSR count). The first kappa shape index (κ1) is 13.4. The van der Waals surface area contributed by atoms with Gasteiger partial charge in [-0.3, -0.25) is 0 Å². The Balaban J connectivity index is 2.09. The maximum Gasteiger partial charge on any atom is 0.139 e. The summed E-state index contributed by atoms with van der Waals surface area (Å²) in [6.07, 6.45) is 0. The van der Waals surface area contributed by atoms with Gasteiger partial charge in [0.25, 0.3) is 0 Å². The smallest absolute Gasteiger partial charge is 0.139 e. The summed E-state index contributed by atoms with van der Waals surface area (Å²) in [7, 11) is 0. The van der Waals surface area contributed by atoms with Crippen LogP contribution in [0.15, 0.2) is 45.8 Å². The van der Waals surface area contributed by atoms with E-state index in [9.17, 15) is 8.78 Å². The molecule has 0 fully saturated rings. The molecule has 0 heterocycles. The summed E-state index contributed by atoms with van der Waals surface area (Å²) in [5.41, 5.74) is 7.40. The van der Waals surface area contributed by atoms with Crippen molar-refractivity contribution >= 4 is 33.4 Å². The van der Waals surface area contributed by atoms with E-state index in [1.165, 1.54) is 23.9 Å². The number of rotatable bonds is 3. The van der Waals surface area contributed by atoms with Crippen LogP contribution in [-0.4, -0.2) is 0 Å². The normalized spacial score (nSPS) is 10.6. The Morgan fingerprint density at radius 3 is 2.56 bits per heavy atom. The summed E-state index contributed by atoms with van der Waals surface area (Å²) in [5.74, 6) is -0.519. The molecule has 1 nitrogen and oxygen atoms in total. The minimum Gasteiger partial charge on any atom is -0.398 e. The van der Waals surface area contributed by atoms with Gasteiger partial charge in [-0.1, -0.05) is 6.07 Å². The highest BCUT2D eigenvalue weighted by Crippen LogP contribution is 2.28. The van der Waals surface area contributed by atoms with Crippen molar-refractivity contribution in [2.75, 3.05) is 5.73 Å². The molecule has 2 N–H and O–H groups in total. The zero-order valence-electron chi connectivity index (χ0n) is 9.29. The Morgan fingerprint density at radius 1 is 1.11 bits per heavy atom. The summed E-state index contributed by atoms with van der Waals surface area (Å²) in [5, 5.41) is 0. The van der Waals surface area contributed by atoms with Crippen LogP contribution >= 0.6 is 27.7 Å². The first-order valence-corrected chi connectivity index (χ1v) is 6.96. The monoisotopic (exact) mass is 329 g/mol. The maximum atomic E-state index is 13.4. The third-order valence-corrected chi connectivity index (χ3v) is 4.19. The largest absolute Gasteiger partial charge is 0.398 e. The predicted octanol–water partition coefficient (Wildman–Crippen LogP) is 4.60. The van der Waals surface area contributed by atoms with Crippen molar-refractivity contribution in [3.8, 4) is 0 Å². The molecule has 0 aliphatic rings. The molecule has 0 bridgehead atoms. The van der Waals surface area contributed by atoms with E-state index < -0.39 is 11.6 Å². The summed E-state index contributed by atoms with van der Waals surface area (Å²) >= 11 is 4.62. The second-order valence-electron chi connectivity index (χ2n) is 3.72. The number of hydrogen-bond acceptors (Lipinski definition) is 2. The summed E-state index contributed by atoms with van der Waals surface area (Å²) in [4.78, 5) is 0.429. The summed E-state index contributed by atoms with van der Waals surface area (Å²) < 4.78 is 27.0. The van der Waals surface area contributed by atoms with Gasteiger partial charge in [-0.2, -0.15) is 0 Å². The lowest BCUT2D eigenvalue weighted by Crippen LogP contribution is -1.90. The van der Waals surface area contributed by atoms with Crippen molar-refractivity contribution in [1.29, 1.82) is 0 Å². The van der Waals surface area contributed by atoms with Gasteiger partial charge in [0.1, 0.15) is 11.6 Å². The van der Waals surface area contributed by atoms with Crippen molar-refractivity contribution < 1.29 is 8.78 Å². The van der Waals surface area contributed by atoms with Gasteiger partial charge in [0, 0.05) is 26.9 Å². The Hall–Kier alpha value is -1.07. The van der Waals surface area contributed by atoms with Crippen LogP contribution in [0.4, 0.5) is 14.5 Å². The van der Waals surface area contributed by atoms with E-state index in [0.29, 0.717) is 16.3 Å². The fraction of sp³-hybridized carbons (Fsp3) is 0.0769. The number of anilines is 1. The molecule has 0 aliphatic heterocycles. The molecule has 5 heteroatoms. The number of nitrogens with two attached hydrogens (primary N) is 1. The summed E-state index contributed by atoms with van der Waals surface area (Å²) in [6, 6.07) is 9.18. The highest BCUT2D eigenvalue weighted by molar-refractivity contribution is 9.10. The zero-order chi connectivity index (χ0) is 13.1. The lowest BCUT2D eigenvalue weighted by Gasteiger charge is -2.05. The molecular weight excluding hydrogens is 320 g/mol. The Labute approximate surface area is 117 Å². The number of thioether (sulfide) groups is 1.